The van der Waals surface area contributed by atoms with E-state index in [9.17, 15) is 18.0 Å². The summed E-state index contributed by atoms with van der Waals surface area (Å²) in [5.74, 6) is -0.695. The van der Waals surface area contributed by atoms with Crippen LogP contribution in [-0.2, 0) is 9.53 Å². The molecule has 90 valence electrons. The maximum atomic E-state index is 11.6. The normalized spacial score (nSPS) is 13.9. The van der Waals surface area contributed by atoms with Gasteiger partial charge in [0.05, 0.1) is 6.61 Å². The van der Waals surface area contributed by atoms with Gasteiger partial charge in [0.15, 0.2) is 0 Å². The third kappa shape index (κ3) is 8.56. The van der Waals surface area contributed by atoms with Crippen molar-refractivity contribution in [3.63, 3.8) is 0 Å². The number of hydrogen-bond donors (Lipinski definition) is 1. The van der Waals surface area contributed by atoms with Gasteiger partial charge in [0.25, 0.3) is 0 Å². The molecule has 3 nitrogen and oxygen atoms in total. The lowest BCUT2D eigenvalue weighted by atomic mass is 10.3. The average molecular weight is 246 g/mol. The fraction of sp³-hybridized carbons (Fsp3) is 0.875. The molecule has 7 heteroatoms. The van der Waals surface area contributed by atoms with Crippen LogP contribution >= 0.6 is 11.8 Å². The Kier molecular flexibility index (Phi) is 6.75. The summed E-state index contributed by atoms with van der Waals surface area (Å²) in [7, 11) is 0. The minimum atomic E-state index is -4.32. The summed E-state index contributed by atoms with van der Waals surface area (Å²) in [5.41, 5.74) is 0. The minimum absolute atomic E-state index is 0.0893. The highest BCUT2D eigenvalue weighted by Gasteiger charge is 2.27. The maximum absolute atomic E-state index is 11.6. The lowest BCUT2D eigenvalue weighted by Gasteiger charge is -2.10. The Morgan fingerprint density at radius 1 is 1.53 bits per heavy atom. The highest BCUT2D eigenvalue weighted by molar-refractivity contribution is 8.00. The summed E-state index contributed by atoms with van der Waals surface area (Å²) in [5, 5.41) is 8.05. The Balaban J connectivity index is 3.49. The highest BCUT2D eigenvalue weighted by atomic mass is 32.2. The van der Waals surface area contributed by atoms with Gasteiger partial charge in [-0.15, -0.1) is 11.8 Å². The molecule has 0 amide bonds. The Labute approximate surface area is 90.0 Å². The zero-order chi connectivity index (χ0) is 11.9. The SMILES string of the molecule is CCC(SCCOCC(F)(F)F)C(=O)O. The maximum Gasteiger partial charge on any atom is 0.411 e. The summed E-state index contributed by atoms with van der Waals surface area (Å²) < 4.78 is 39.2. The monoisotopic (exact) mass is 246 g/mol. The van der Waals surface area contributed by atoms with Crippen LogP contribution in [0.25, 0.3) is 0 Å². The van der Waals surface area contributed by atoms with E-state index in [2.05, 4.69) is 4.74 Å². The fourth-order valence-electron chi connectivity index (χ4n) is 0.801. The molecule has 0 aromatic carbocycles. The van der Waals surface area contributed by atoms with Crippen LogP contribution in [-0.4, -0.2) is 41.5 Å². The van der Waals surface area contributed by atoms with Gasteiger partial charge in [-0.2, -0.15) is 13.2 Å². The number of carbonyl (C=O) groups is 1. The van der Waals surface area contributed by atoms with Gasteiger partial charge in [0, 0.05) is 5.75 Å². The van der Waals surface area contributed by atoms with Crippen molar-refractivity contribution in [3.05, 3.63) is 0 Å². The van der Waals surface area contributed by atoms with Gasteiger partial charge in [-0.25, -0.2) is 0 Å². The number of hydrogen-bond acceptors (Lipinski definition) is 3. The Morgan fingerprint density at radius 2 is 2.13 bits per heavy atom. The van der Waals surface area contributed by atoms with Crippen molar-refractivity contribution in [1.29, 1.82) is 0 Å². The molecular formula is C8H13F3O3S. The first-order chi connectivity index (χ1) is 6.87. The predicted octanol–water partition coefficient (Wildman–Crippen LogP) is 2.16. The van der Waals surface area contributed by atoms with Gasteiger partial charge < -0.3 is 9.84 Å². The molecule has 0 spiro atoms. The van der Waals surface area contributed by atoms with Gasteiger partial charge in [0.1, 0.15) is 11.9 Å². The van der Waals surface area contributed by atoms with Crippen LogP contribution < -0.4 is 0 Å². The van der Waals surface area contributed by atoms with Crippen LogP contribution in [0.1, 0.15) is 13.3 Å². The second-order valence-corrected chi connectivity index (χ2v) is 4.08. The predicted molar refractivity (Wildman–Crippen MR) is 51.0 cm³/mol. The van der Waals surface area contributed by atoms with Gasteiger partial charge in [-0.1, -0.05) is 6.92 Å². The molecule has 0 bridgehead atoms. The fourth-order valence-corrected chi connectivity index (χ4v) is 1.68. The smallest absolute Gasteiger partial charge is 0.411 e. The van der Waals surface area contributed by atoms with Gasteiger partial charge in [-0.05, 0) is 6.42 Å². The van der Waals surface area contributed by atoms with Crippen LogP contribution in [0.5, 0.6) is 0 Å². The molecule has 15 heavy (non-hydrogen) atoms. The lowest BCUT2D eigenvalue weighted by Crippen LogP contribution is -2.20. The molecule has 0 aliphatic heterocycles. The quantitative estimate of drug-likeness (QED) is 0.699. The van der Waals surface area contributed by atoms with E-state index in [-0.39, 0.29) is 12.4 Å². The first kappa shape index (κ1) is 14.6. The minimum Gasteiger partial charge on any atom is -0.480 e. The molecule has 0 radical (unpaired) electrons. The molecule has 0 saturated carbocycles. The zero-order valence-electron chi connectivity index (χ0n) is 8.21. The summed E-state index contributed by atoms with van der Waals surface area (Å²) in [4.78, 5) is 10.5. The number of aliphatic carboxylic acids is 1. The summed E-state index contributed by atoms with van der Waals surface area (Å²) in [6.07, 6.45) is -3.87. The van der Waals surface area contributed by atoms with Gasteiger partial charge >= 0.3 is 12.1 Å². The van der Waals surface area contributed by atoms with Gasteiger partial charge in [0.2, 0.25) is 0 Å². The van der Waals surface area contributed by atoms with E-state index >= 15 is 0 Å². The number of thioether (sulfide) groups is 1. The Morgan fingerprint density at radius 3 is 2.53 bits per heavy atom. The van der Waals surface area contributed by atoms with E-state index in [0.29, 0.717) is 6.42 Å². The Bertz CT molecular complexity index is 196. The topological polar surface area (TPSA) is 46.5 Å². The summed E-state index contributed by atoms with van der Waals surface area (Å²) >= 11 is 1.09. The van der Waals surface area contributed by atoms with Crippen molar-refractivity contribution in [2.45, 2.75) is 24.8 Å². The van der Waals surface area contributed by atoms with E-state index in [1.807, 2.05) is 0 Å². The van der Waals surface area contributed by atoms with E-state index in [1.165, 1.54) is 0 Å². The number of halogens is 3. The number of carboxylic acid groups (broad SMARTS) is 1. The second kappa shape index (κ2) is 6.95. The number of ether oxygens (including phenoxy) is 1. The van der Waals surface area contributed by atoms with E-state index in [1.54, 1.807) is 6.92 Å². The van der Waals surface area contributed by atoms with Crippen LogP contribution in [0.4, 0.5) is 13.2 Å². The van der Waals surface area contributed by atoms with Crippen molar-refractivity contribution in [3.8, 4) is 0 Å². The molecule has 1 unspecified atom stereocenters. The van der Waals surface area contributed by atoms with Crippen molar-refractivity contribution >= 4 is 17.7 Å². The van der Waals surface area contributed by atoms with Crippen molar-refractivity contribution in [2.24, 2.45) is 0 Å². The molecule has 0 aliphatic carbocycles. The standard InChI is InChI=1S/C8H13F3O3S/c1-2-6(7(12)13)15-4-3-14-5-8(9,10)11/h6H,2-5H2,1H3,(H,12,13). The van der Waals surface area contributed by atoms with Crippen molar-refractivity contribution in [1.82, 2.24) is 0 Å². The summed E-state index contributed by atoms with van der Waals surface area (Å²) in [6.45, 7) is 0.341. The van der Waals surface area contributed by atoms with Gasteiger partial charge in [-0.3, -0.25) is 4.79 Å². The van der Waals surface area contributed by atoms with E-state index < -0.39 is 24.0 Å². The molecule has 0 heterocycles. The third-order valence-electron chi connectivity index (χ3n) is 1.46. The number of rotatable bonds is 7. The van der Waals surface area contributed by atoms with Crippen LogP contribution in [0.15, 0.2) is 0 Å². The van der Waals surface area contributed by atoms with Crippen LogP contribution in [0.3, 0.4) is 0 Å². The lowest BCUT2D eigenvalue weighted by molar-refractivity contribution is -0.172. The first-order valence-electron chi connectivity index (χ1n) is 4.35. The van der Waals surface area contributed by atoms with Crippen molar-refractivity contribution in [2.75, 3.05) is 19.0 Å². The molecule has 1 N–H and O–H groups in total. The molecule has 1 atom stereocenters. The average Bonchev–Trinajstić information content (AvgIpc) is 2.08. The van der Waals surface area contributed by atoms with E-state index in [0.717, 1.165) is 11.8 Å². The van der Waals surface area contributed by atoms with Crippen molar-refractivity contribution < 1.29 is 27.8 Å². The molecule has 0 aromatic heterocycles. The highest BCUT2D eigenvalue weighted by Crippen LogP contribution is 2.16. The molecule has 0 rings (SSSR count). The summed E-state index contributed by atoms with van der Waals surface area (Å²) in [6, 6.07) is 0. The Hall–Kier alpha value is -0.430. The first-order valence-corrected chi connectivity index (χ1v) is 5.40. The number of alkyl halides is 3. The molecular weight excluding hydrogens is 233 g/mol. The van der Waals surface area contributed by atoms with Crippen LogP contribution in [0, 0.1) is 0 Å². The molecule has 0 aromatic rings. The number of carboxylic acids is 1. The van der Waals surface area contributed by atoms with Crippen LogP contribution in [0.2, 0.25) is 0 Å². The third-order valence-corrected chi connectivity index (χ3v) is 2.80. The van der Waals surface area contributed by atoms with E-state index in [4.69, 9.17) is 5.11 Å². The molecule has 0 fully saturated rings. The molecule has 0 aliphatic rings. The second-order valence-electron chi connectivity index (χ2n) is 2.77. The zero-order valence-corrected chi connectivity index (χ0v) is 9.03. The largest absolute Gasteiger partial charge is 0.480 e. The molecule has 0 saturated heterocycles.